The van der Waals surface area contributed by atoms with E-state index in [1.807, 2.05) is 0 Å². The van der Waals surface area contributed by atoms with Gasteiger partial charge in [-0.05, 0) is 12.1 Å². The summed E-state index contributed by atoms with van der Waals surface area (Å²) in [4.78, 5) is 3.36. The van der Waals surface area contributed by atoms with Gasteiger partial charge in [-0.3, -0.25) is 0 Å². The van der Waals surface area contributed by atoms with Gasteiger partial charge in [0.25, 0.3) is 0 Å². The first kappa shape index (κ1) is 15.6. The molecular formula is C16H15BF4N2. The lowest BCUT2D eigenvalue weighted by Gasteiger charge is -2.30. The molecule has 0 aliphatic carbocycles. The number of benzene rings is 2. The van der Waals surface area contributed by atoms with Crippen LogP contribution in [-0.2, 0) is 5.41 Å². The summed E-state index contributed by atoms with van der Waals surface area (Å²) in [7, 11) is -6.00. The van der Waals surface area contributed by atoms with E-state index in [-0.39, 0.29) is 5.41 Å². The van der Waals surface area contributed by atoms with Crippen molar-refractivity contribution in [2.75, 3.05) is 0 Å². The van der Waals surface area contributed by atoms with Crippen molar-refractivity contribution in [1.29, 1.82) is 0 Å². The van der Waals surface area contributed by atoms with E-state index < -0.39 is 7.25 Å². The van der Waals surface area contributed by atoms with E-state index in [4.69, 9.17) is 0 Å². The van der Waals surface area contributed by atoms with Crippen LogP contribution in [0.1, 0.15) is 25.0 Å². The van der Waals surface area contributed by atoms with Crippen molar-refractivity contribution in [3.63, 3.8) is 0 Å². The Balaban J connectivity index is 0.000000276. The number of H-pyrrole nitrogens is 1. The van der Waals surface area contributed by atoms with Crippen LogP contribution in [0.4, 0.5) is 17.3 Å². The summed E-state index contributed by atoms with van der Waals surface area (Å²) in [5.41, 5.74) is 6.62. The molecule has 2 nitrogen and oxygen atoms in total. The van der Waals surface area contributed by atoms with Crippen LogP contribution < -0.4 is 4.57 Å². The molecule has 2 aromatic carbocycles. The summed E-state index contributed by atoms with van der Waals surface area (Å²) in [6.07, 6.45) is 2.06. The van der Waals surface area contributed by atoms with Crippen LogP contribution in [0.2, 0.25) is 0 Å². The van der Waals surface area contributed by atoms with E-state index in [1.165, 1.54) is 27.8 Å². The highest BCUT2D eigenvalue weighted by Crippen LogP contribution is 2.39. The third-order valence-corrected chi connectivity index (χ3v) is 4.14. The van der Waals surface area contributed by atoms with Crippen molar-refractivity contribution in [2.45, 2.75) is 19.3 Å². The number of nitrogens with one attached hydrogen (secondary N) is 1. The lowest BCUT2D eigenvalue weighted by Crippen LogP contribution is -2.40. The average molecular weight is 322 g/mol. The number of para-hydroxylation sites is 2. The molecule has 0 unspecified atom stereocenters. The molecular weight excluding hydrogens is 307 g/mol. The van der Waals surface area contributed by atoms with E-state index >= 15 is 0 Å². The Bertz CT molecular complexity index is 862. The van der Waals surface area contributed by atoms with Gasteiger partial charge in [0.2, 0.25) is 6.33 Å². The minimum absolute atomic E-state index is 0.0539. The van der Waals surface area contributed by atoms with E-state index in [2.05, 4.69) is 72.2 Å². The molecule has 3 aromatic rings. The maximum atomic E-state index is 9.75. The Morgan fingerprint density at radius 3 is 2.22 bits per heavy atom. The number of hydrogen-bond donors (Lipinski definition) is 1. The summed E-state index contributed by atoms with van der Waals surface area (Å²) in [5.74, 6) is 0. The normalized spacial score (nSPS) is 14.9. The summed E-state index contributed by atoms with van der Waals surface area (Å²) < 4.78 is 41.3. The number of aromatic amines is 1. The Morgan fingerprint density at radius 2 is 1.52 bits per heavy atom. The number of hydrogen-bond acceptors (Lipinski definition) is 0. The summed E-state index contributed by atoms with van der Waals surface area (Å²) in [6, 6.07) is 15.2. The molecule has 0 spiro atoms. The van der Waals surface area contributed by atoms with Crippen LogP contribution in [0.15, 0.2) is 48.8 Å². The van der Waals surface area contributed by atoms with Crippen LogP contribution in [0.5, 0.6) is 0 Å². The fourth-order valence-electron chi connectivity index (χ4n) is 3.17. The molecule has 0 amide bonds. The van der Waals surface area contributed by atoms with E-state index in [0.717, 1.165) is 0 Å². The van der Waals surface area contributed by atoms with Crippen molar-refractivity contribution < 1.29 is 21.8 Å². The molecule has 2 heterocycles. The predicted molar refractivity (Wildman–Crippen MR) is 82.1 cm³/mol. The van der Waals surface area contributed by atoms with Gasteiger partial charge in [0.05, 0.1) is 0 Å². The predicted octanol–water partition coefficient (Wildman–Crippen LogP) is 4.38. The monoisotopic (exact) mass is 322 g/mol. The maximum absolute atomic E-state index is 9.75. The van der Waals surface area contributed by atoms with E-state index in [0.29, 0.717) is 0 Å². The van der Waals surface area contributed by atoms with Crippen molar-refractivity contribution in [3.05, 3.63) is 59.9 Å². The number of aromatic nitrogens is 2. The van der Waals surface area contributed by atoms with Gasteiger partial charge in [-0.1, -0.05) is 44.2 Å². The molecule has 1 N–H and O–H groups in total. The van der Waals surface area contributed by atoms with Crippen molar-refractivity contribution >= 4 is 18.3 Å². The molecule has 0 radical (unpaired) electrons. The Labute approximate surface area is 130 Å². The Kier molecular flexibility index (Phi) is 3.46. The van der Waals surface area contributed by atoms with Crippen molar-refractivity contribution in [2.24, 2.45) is 0 Å². The number of nitrogens with zero attached hydrogens (tertiary/aromatic N) is 1. The zero-order valence-corrected chi connectivity index (χ0v) is 12.7. The first-order valence-electron chi connectivity index (χ1n) is 7.19. The minimum atomic E-state index is -6.00. The lowest BCUT2D eigenvalue weighted by atomic mass is 9.75. The number of fused-ring (bicyclic) bond motifs is 2. The zero-order valence-electron chi connectivity index (χ0n) is 12.7. The molecule has 7 heteroatoms. The molecule has 0 atom stereocenters. The van der Waals surface area contributed by atoms with Gasteiger partial charge in [0.15, 0.2) is 11.0 Å². The van der Waals surface area contributed by atoms with Crippen LogP contribution in [0, 0.1) is 0 Å². The van der Waals surface area contributed by atoms with Crippen molar-refractivity contribution in [1.82, 2.24) is 4.98 Å². The summed E-state index contributed by atoms with van der Waals surface area (Å²) >= 11 is 0. The van der Waals surface area contributed by atoms with Gasteiger partial charge < -0.3 is 17.3 Å². The molecule has 1 aliphatic rings. The van der Waals surface area contributed by atoms with Crippen LogP contribution in [0.3, 0.4) is 0 Å². The summed E-state index contributed by atoms with van der Waals surface area (Å²) in [6.45, 7) is 4.61. The molecule has 0 saturated heterocycles. The quantitative estimate of drug-likeness (QED) is 0.360. The van der Waals surface area contributed by atoms with Gasteiger partial charge in [0.1, 0.15) is 5.69 Å². The molecule has 1 aliphatic heterocycles. The Hall–Kier alpha value is -2.31. The standard InChI is InChI=1S/C16H14N2.BF4/c1-16(2)11-6-3-4-9-14(11)18-10-17-13-8-5-7-12(16)15(13)18;2-1(3,4)5/h3-10H,1-2H3;/q;-1/p+1. The van der Waals surface area contributed by atoms with Gasteiger partial charge in [-0.25, -0.2) is 4.98 Å². The van der Waals surface area contributed by atoms with Crippen LogP contribution in [0.25, 0.3) is 16.7 Å². The molecule has 4 rings (SSSR count). The highest BCUT2D eigenvalue weighted by atomic mass is 19.5. The van der Waals surface area contributed by atoms with Gasteiger partial charge >= 0.3 is 7.25 Å². The molecule has 0 bridgehead atoms. The zero-order chi connectivity index (χ0) is 16.8. The largest absolute Gasteiger partial charge is 0.673 e. The molecule has 1 aromatic heterocycles. The van der Waals surface area contributed by atoms with Gasteiger partial charge in [0, 0.05) is 16.5 Å². The van der Waals surface area contributed by atoms with Crippen molar-refractivity contribution in [3.8, 4) is 5.69 Å². The topological polar surface area (TPSA) is 19.7 Å². The minimum Gasteiger partial charge on any atom is -0.418 e. The second kappa shape index (κ2) is 5.11. The highest BCUT2D eigenvalue weighted by molar-refractivity contribution is 6.50. The third-order valence-electron chi connectivity index (χ3n) is 4.14. The van der Waals surface area contributed by atoms with Gasteiger partial charge in [-0.15, -0.1) is 0 Å². The highest BCUT2D eigenvalue weighted by Gasteiger charge is 2.37. The third kappa shape index (κ3) is 2.71. The number of halogens is 4. The fourth-order valence-corrected chi connectivity index (χ4v) is 3.17. The first-order valence-corrected chi connectivity index (χ1v) is 7.19. The molecule has 0 fully saturated rings. The summed E-state index contributed by atoms with van der Waals surface area (Å²) in [5, 5.41) is 0. The fraction of sp³-hybridized carbons (Fsp3) is 0.188. The number of rotatable bonds is 0. The molecule has 23 heavy (non-hydrogen) atoms. The van der Waals surface area contributed by atoms with Gasteiger partial charge in [-0.2, -0.15) is 4.57 Å². The lowest BCUT2D eigenvalue weighted by molar-refractivity contribution is -0.569. The van der Waals surface area contributed by atoms with E-state index in [1.54, 1.807) is 0 Å². The molecule has 120 valence electrons. The first-order chi connectivity index (χ1) is 10.7. The second-order valence-electron chi connectivity index (χ2n) is 5.98. The smallest absolute Gasteiger partial charge is 0.418 e. The Morgan fingerprint density at radius 1 is 0.913 bits per heavy atom. The van der Waals surface area contributed by atoms with Crippen LogP contribution in [-0.4, -0.2) is 12.2 Å². The average Bonchev–Trinajstić information content (AvgIpc) is 2.88. The maximum Gasteiger partial charge on any atom is 0.673 e. The van der Waals surface area contributed by atoms with Crippen LogP contribution >= 0.6 is 0 Å². The number of imidazole rings is 1. The molecule has 0 saturated carbocycles. The second-order valence-corrected chi connectivity index (χ2v) is 5.98. The van der Waals surface area contributed by atoms with E-state index in [9.17, 15) is 17.3 Å². The SMILES string of the molecule is CC1(C)c2ccccc2-[n+]2c[nH]c3cccc1c32.F[B-](F)(F)F.